The molecule has 0 radical (unpaired) electrons. The van der Waals surface area contributed by atoms with Crippen molar-refractivity contribution in [3.8, 4) is 11.3 Å². The van der Waals surface area contributed by atoms with Gasteiger partial charge >= 0.3 is 5.97 Å². The Morgan fingerprint density at radius 1 is 1.18 bits per heavy atom. The number of carbonyl (C=O) groups is 1. The maximum Gasteiger partial charge on any atom is 0.338 e. The van der Waals surface area contributed by atoms with Crippen LogP contribution in [0.25, 0.3) is 22.2 Å². The van der Waals surface area contributed by atoms with Crippen molar-refractivity contribution < 1.29 is 13.9 Å². The molecule has 0 unspecified atom stereocenters. The van der Waals surface area contributed by atoms with Gasteiger partial charge in [0.25, 0.3) is 5.56 Å². The van der Waals surface area contributed by atoms with E-state index in [4.69, 9.17) is 9.15 Å². The summed E-state index contributed by atoms with van der Waals surface area (Å²) in [5.41, 5.74) is 1.66. The minimum Gasteiger partial charge on any atom is -0.462 e. The standard InChI is InChI=1S/C25H22BrN3O4/c1-4-32-25(31)17-7-5-16(6-8-17)22-12-10-19(33-22)14-27-29-23(15(2)3)28-21-11-9-18(26)13-20(21)24(29)30/h5-15H,4H2,1-3H3. The average molecular weight is 508 g/mol. The first-order valence-electron chi connectivity index (χ1n) is 10.5. The summed E-state index contributed by atoms with van der Waals surface area (Å²) in [6.45, 7) is 6.02. The van der Waals surface area contributed by atoms with E-state index < -0.39 is 0 Å². The number of ether oxygens (including phenoxy) is 1. The average Bonchev–Trinajstić information content (AvgIpc) is 3.28. The first-order valence-corrected chi connectivity index (χ1v) is 11.3. The Hall–Kier alpha value is -3.52. The van der Waals surface area contributed by atoms with Crippen LogP contribution in [0.1, 0.15) is 48.6 Å². The Kier molecular flexibility index (Phi) is 6.55. The van der Waals surface area contributed by atoms with Crippen molar-refractivity contribution in [3.05, 3.63) is 86.6 Å². The van der Waals surface area contributed by atoms with Crippen molar-refractivity contribution >= 4 is 39.0 Å². The van der Waals surface area contributed by atoms with Crippen LogP contribution in [0.3, 0.4) is 0 Å². The topological polar surface area (TPSA) is 86.7 Å². The molecule has 4 rings (SSSR count). The molecular formula is C25H22BrN3O4. The number of esters is 1. The number of rotatable bonds is 6. The second-order valence-electron chi connectivity index (χ2n) is 7.65. The summed E-state index contributed by atoms with van der Waals surface area (Å²) in [4.78, 5) is 29.6. The predicted octanol–water partition coefficient (Wildman–Crippen LogP) is 5.60. The summed E-state index contributed by atoms with van der Waals surface area (Å²) in [5.74, 6) is 1.29. The van der Waals surface area contributed by atoms with Gasteiger partial charge in [0.2, 0.25) is 0 Å². The summed E-state index contributed by atoms with van der Waals surface area (Å²) in [5, 5.41) is 4.87. The van der Waals surface area contributed by atoms with Gasteiger partial charge in [-0.3, -0.25) is 4.79 Å². The number of carbonyl (C=O) groups excluding carboxylic acids is 1. The van der Waals surface area contributed by atoms with Crippen LogP contribution >= 0.6 is 15.9 Å². The summed E-state index contributed by atoms with van der Waals surface area (Å²) < 4.78 is 13.0. The lowest BCUT2D eigenvalue weighted by Gasteiger charge is -2.11. The third-order valence-electron chi connectivity index (χ3n) is 4.96. The SMILES string of the molecule is CCOC(=O)c1ccc(-c2ccc(C=Nn3c(C(C)C)nc4ccc(Br)cc4c3=O)o2)cc1. The molecule has 0 fully saturated rings. The van der Waals surface area contributed by atoms with Crippen LogP contribution in [0.2, 0.25) is 0 Å². The minimum absolute atomic E-state index is 0.00651. The van der Waals surface area contributed by atoms with E-state index >= 15 is 0 Å². The zero-order chi connectivity index (χ0) is 23.5. The normalized spacial score (nSPS) is 11.5. The molecule has 168 valence electrons. The van der Waals surface area contributed by atoms with Gasteiger partial charge < -0.3 is 9.15 Å². The van der Waals surface area contributed by atoms with Crippen LogP contribution in [-0.4, -0.2) is 28.5 Å². The third kappa shape index (κ3) is 4.80. The molecule has 4 aromatic rings. The molecule has 0 aliphatic heterocycles. The maximum atomic E-state index is 13.1. The summed E-state index contributed by atoms with van der Waals surface area (Å²) in [6.07, 6.45) is 1.50. The molecule has 2 heterocycles. The van der Waals surface area contributed by atoms with Gasteiger partial charge in [-0.2, -0.15) is 9.78 Å². The fourth-order valence-electron chi connectivity index (χ4n) is 3.33. The van der Waals surface area contributed by atoms with Crippen LogP contribution in [0.5, 0.6) is 0 Å². The van der Waals surface area contributed by atoms with Crippen LogP contribution in [0, 0.1) is 0 Å². The molecule has 8 heteroatoms. The maximum absolute atomic E-state index is 13.1. The van der Waals surface area contributed by atoms with Gasteiger partial charge in [0.15, 0.2) is 0 Å². The van der Waals surface area contributed by atoms with Crippen LogP contribution < -0.4 is 5.56 Å². The second-order valence-corrected chi connectivity index (χ2v) is 8.56. The van der Waals surface area contributed by atoms with E-state index in [0.717, 1.165) is 10.0 Å². The number of nitrogens with zero attached hydrogens (tertiary/aromatic N) is 3. The van der Waals surface area contributed by atoms with E-state index in [9.17, 15) is 9.59 Å². The third-order valence-corrected chi connectivity index (χ3v) is 5.45. The first kappa shape index (κ1) is 22.7. The molecule has 2 aromatic carbocycles. The smallest absolute Gasteiger partial charge is 0.338 e. The highest BCUT2D eigenvalue weighted by molar-refractivity contribution is 9.10. The number of benzene rings is 2. The van der Waals surface area contributed by atoms with Gasteiger partial charge in [-0.1, -0.05) is 41.9 Å². The number of hydrogen-bond acceptors (Lipinski definition) is 6. The number of hydrogen-bond donors (Lipinski definition) is 0. The Balaban J connectivity index is 1.64. The summed E-state index contributed by atoms with van der Waals surface area (Å²) in [7, 11) is 0. The second kappa shape index (κ2) is 9.54. The lowest BCUT2D eigenvalue weighted by Crippen LogP contribution is -2.23. The quantitative estimate of drug-likeness (QED) is 0.250. The van der Waals surface area contributed by atoms with Crippen molar-refractivity contribution in [2.75, 3.05) is 6.61 Å². The lowest BCUT2D eigenvalue weighted by atomic mass is 10.1. The van der Waals surface area contributed by atoms with E-state index in [1.54, 1.807) is 43.3 Å². The molecule has 0 atom stereocenters. The van der Waals surface area contributed by atoms with E-state index in [1.807, 2.05) is 32.0 Å². The summed E-state index contributed by atoms with van der Waals surface area (Å²) >= 11 is 3.40. The molecule has 0 N–H and O–H groups in total. The highest BCUT2D eigenvalue weighted by Crippen LogP contribution is 2.23. The number of fused-ring (bicyclic) bond motifs is 1. The van der Waals surface area contributed by atoms with E-state index in [-0.39, 0.29) is 17.4 Å². The molecule has 0 aliphatic rings. The molecule has 33 heavy (non-hydrogen) atoms. The Morgan fingerprint density at radius 2 is 1.94 bits per heavy atom. The molecule has 0 aliphatic carbocycles. The first-order chi connectivity index (χ1) is 15.9. The Bertz CT molecular complexity index is 1400. The van der Waals surface area contributed by atoms with Gasteiger partial charge in [0.05, 0.1) is 29.3 Å². The van der Waals surface area contributed by atoms with E-state index in [1.165, 1.54) is 10.9 Å². The number of halogens is 1. The van der Waals surface area contributed by atoms with Crippen molar-refractivity contribution in [1.29, 1.82) is 0 Å². The van der Waals surface area contributed by atoms with Gasteiger partial charge in [-0.25, -0.2) is 9.78 Å². The molecule has 0 bridgehead atoms. The highest BCUT2D eigenvalue weighted by Gasteiger charge is 2.14. The van der Waals surface area contributed by atoms with Crippen molar-refractivity contribution in [2.24, 2.45) is 5.10 Å². The zero-order valence-electron chi connectivity index (χ0n) is 18.4. The number of aromatic nitrogens is 2. The summed E-state index contributed by atoms with van der Waals surface area (Å²) in [6, 6.07) is 15.9. The monoisotopic (exact) mass is 507 g/mol. The predicted molar refractivity (Wildman–Crippen MR) is 131 cm³/mol. The number of furan rings is 1. The molecule has 2 aromatic heterocycles. The van der Waals surface area contributed by atoms with Crippen LogP contribution in [0.4, 0.5) is 0 Å². The Morgan fingerprint density at radius 3 is 2.64 bits per heavy atom. The van der Waals surface area contributed by atoms with Crippen LogP contribution in [-0.2, 0) is 4.74 Å². The minimum atomic E-state index is -0.362. The Labute approximate surface area is 198 Å². The fourth-order valence-corrected chi connectivity index (χ4v) is 3.69. The molecule has 0 saturated carbocycles. The molecule has 0 saturated heterocycles. The highest BCUT2D eigenvalue weighted by atomic mass is 79.9. The molecule has 0 spiro atoms. The van der Waals surface area contributed by atoms with Crippen molar-refractivity contribution in [3.63, 3.8) is 0 Å². The molecule has 7 nitrogen and oxygen atoms in total. The molecular weight excluding hydrogens is 486 g/mol. The van der Waals surface area contributed by atoms with Gasteiger partial charge in [0, 0.05) is 16.0 Å². The van der Waals surface area contributed by atoms with Crippen LogP contribution in [0.15, 0.2) is 73.4 Å². The molecule has 0 amide bonds. The van der Waals surface area contributed by atoms with Crippen molar-refractivity contribution in [2.45, 2.75) is 26.7 Å². The zero-order valence-corrected chi connectivity index (χ0v) is 20.0. The van der Waals surface area contributed by atoms with Gasteiger partial charge in [-0.15, -0.1) is 0 Å². The van der Waals surface area contributed by atoms with E-state index in [2.05, 4.69) is 26.0 Å². The van der Waals surface area contributed by atoms with Gasteiger partial charge in [0.1, 0.15) is 17.3 Å². The fraction of sp³-hybridized carbons (Fsp3) is 0.200. The van der Waals surface area contributed by atoms with Gasteiger partial charge in [-0.05, 0) is 49.4 Å². The van der Waals surface area contributed by atoms with Crippen molar-refractivity contribution in [1.82, 2.24) is 9.66 Å². The lowest BCUT2D eigenvalue weighted by molar-refractivity contribution is 0.0526. The van der Waals surface area contributed by atoms with E-state index in [0.29, 0.717) is 40.4 Å². The largest absolute Gasteiger partial charge is 0.462 e.